The van der Waals surface area contributed by atoms with E-state index in [4.69, 9.17) is 9.72 Å². The largest absolute Gasteiger partial charge is 0.483 e. The Hall–Kier alpha value is -3.43. The van der Waals surface area contributed by atoms with Gasteiger partial charge in [-0.2, -0.15) is 5.10 Å². The fourth-order valence-corrected chi connectivity index (χ4v) is 6.15. The molecule has 0 saturated heterocycles. The number of H-pyrrole nitrogens is 1. The van der Waals surface area contributed by atoms with Gasteiger partial charge < -0.3 is 19.9 Å². The fourth-order valence-electron chi connectivity index (χ4n) is 6.15. The summed E-state index contributed by atoms with van der Waals surface area (Å²) in [6.45, 7) is 0.203. The van der Waals surface area contributed by atoms with Gasteiger partial charge in [0.1, 0.15) is 17.5 Å². The maximum Gasteiger partial charge on any atom is 0.256 e. The summed E-state index contributed by atoms with van der Waals surface area (Å²) in [5, 5.41) is 7.51. The topological polar surface area (TPSA) is 105 Å². The molecule has 3 fully saturated rings. The van der Waals surface area contributed by atoms with E-state index in [2.05, 4.69) is 15.4 Å². The lowest BCUT2D eigenvalue weighted by Gasteiger charge is -2.39. The van der Waals surface area contributed by atoms with Gasteiger partial charge in [0.15, 0.2) is 17.2 Å². The van der Waals surface area contributed by atoms with Gasteiger partial charge in [-0.05, 0) is 56.4 Å². The molecule has 0 radical (unpaired) electrons. The average molecular weight is 465 g/mol. The highest BCUT2D eigenvalue weighted by atomic mass is 19.1. The van der Waals surface area contributed by atoms with E-state index in [-0.39, 0.29) is 36.2 Å². The van der Waals surface area contributed by atoms with E-state index in [0.29, 0.717) is 28.3 Å². The summed E-state index contributed by atoms with van der Waals surface area (Å²) in [6.07, 6.45) is 10.5. The normalized spacial score (nSPS) is 28.9. The summed E-state index contributed by atoms with van der Waals surface area (Å²) < 4.78 is 21.7. The standard InChI is InChI=1S/C24H25FN6O3/c25-15-5-14(23(32)26-8-15)10-30-18-2-1-3-19(18)34-20-11-31-21(29-22(20)30)17(9-27-31)24(33)28-16-6-12-4-13(12)7-16/h5,8-9,11-13,16,18-19H,1-4,6-7,10H2,(H,26,32)(H,28,33)/t12-,13?,16?,18-,19+/m1/s1. The minimum Gasteiger partial charge on any atom is -0.483 e. The van der Waals surface area contributed by atoms with Crippen LogP contribution in [0.25, 0.3) is 5.65 Å². The molecule has 4 aliphatic rings. The van der Waals surface area contributed by atoms with Crippen LogP contribution in [-0.2, 0) is 6.54 Å². The van der Waals surface area contributed by atoms with Gasteiger partial charge in [0, 0.05) is 17.8 Å². The van der Waals surface area contributed by atoms with Crippen LogP contribution < -0.4 is 20.5 Å². The van der Waals surface area contributed by atoms with Crippen molar-refractivity contribution in [2.24, 2.45) is 11.8 Å². The number of halogens is 1. The zero-order valence-corrected chi connectivity index (χ0v) is 18.5. The molecule has 10 heteroatoms. The lowest BCUT2D eigenvalue weighted by atomic mass is 10.1. The van der Waals surface area contributed by atoms with Gasteiger partial charge in [-0.3, -0.25) is 9.59 Å². The second-order valence-electron chi connectivity index (χ2n) is 10.1. The van der Waals surface area contributed by atoms with Gasteiger partial charge in [-0.1, -0.05) is 0 Å². The van der Waals surface area contributed by atoms with E-state index in [1.807, 2.05) is 4.90 Å². The maximum atomic E-state index is 13.9. The Balaban J connectivity index is 1.26. The van der Waals surface area contributed by atoms with Crippen LogP contribution in [0.4, 0.5) is 10.2 Å². The van der Waals surface area contributed by atoms with Gasteiger partial charge >= 0.3 is 0 Å². The van der Waals surface area contributed by atoms with Crippen molar-refractivity contribution in [2.45, 2.75) is 63.3 Å². The molecule has 5 atom stereocenters. The molecule has 3 aromatic rings. The first-order valence-corrected chi connectivity index (χ1v) is 12.0. The van der Waals surface area contributed by atoms with Gasteiger partial charge in [0.25, 0.3) is 11.5 Å². The Kier molecular flexibility index (Phi) is 4.28. The van der Waals surface area contributed by atoms with E-state index in [9.17, 15) is 14.0 Å². The van der Waals surface area contributed by atoms with Crippen molar-refractivity contribution in [2.75, 3.05) is 4.90 Å². The fraction of sp³-hybridized carbons (Fsp3) is 0.500. The number of carbonyl (C=O) groups excluding carboxylic acids is 1. The van der Waals surface area contributed by atoms with Crippen LogP contribution in [-0.4, -0.2) is 43.7 Å². The Morgan fingerprint density at radius 2 is 2.12 bits per heavy atom. The smallest absolute Gasteiger partial charge is 0.256 e. The molecule has 34 heavy (non-hydrogen) atoms. The molecule has 3 aliphatic carbocycles. The molecule has 0 spiro atoms. The van der Waals surface area contributed by atoms with Crippen molar-refractivity contribution in [1.29, 1.82) is 0 Å². The van der Waals surface area contributed by atoms with Gasteiger partial charge in [0.2, 0.25) is 0 Å². The van der Waals surface area contributed by atoms with Gasteiger partial charge in [0.05, 0.1) is 25.0 Å². The number of anilines is 1. The summed E-state index contributed by atoms with van der Waals surface area (Å²) in [7, 11) is 0. The first kappa shape index (κ1) is 20.0. The van der Waals surface area contributed by atoms with Crippen LogP contribution in [0.1, 0.15) is 54.4 Å². The number of pyridine rings is 1. The number of amides is 1. The van der Waals surface area contributed by atoms with Crippen molar-refractivity contribution in [1.82, 2.24) is 24.9 Å². The van der Waals surface area contributed by atoms with E-state index in [1.54, 1.807) is 16.9 Å². The van der Waals surface area contributed by atoms with E-state index in [1.165, 1.54) is 12.5 Å². The Morgan fingerprint density at radius 3 is 2.97 bits per heavy atom. The highest BCUT2D eigenvalue weighted by Crippen LogP contribution is 2.51. The molecular weight excluding hydrogens is 439 g/mol. The van der Waals surface area contributed by atoms with Crippen LogP contribution in [0.2, 0.25) is 0 Å². The highest BCUT2D eigenvalue weighted by molar-refractivity contribution is 6.00. The number of carbonyl (C=O) groups is 1. The molecule has 4 heterocycles. The minimum absolute atomic E-state index is 0.0236. The third-order valence-corrected chi connectivity index (χ3v) is 7.92. The number of nitrogens with one attached hydrogen (secondary N) is 2. The maximum absolute atomic E-state index is 13.9. The highest BCUT2D eigenvalue weighted by Gasteiger charge is 2.46. The van der Waals surface area contributed by atoms with Gasteiger partial charge in [-0.15, -0.1) is 0 Å². The molecule has 0 aromatic carbocycles. The molecule has 2 N–H and O–H groups in total. The molecule has 3 aromatic heterocycles. The third kappa shape index (κ3) is 3.19. The summed E-state index contributed by atoms with van der Waals surface area (Å²) in [6, 6.07) is 1.50. The summed E-state index contributed by atoms with van der Waals surface area (Å²) in [5.41, 5.74) is 0.855. The van der Waals surface area contributed by atoms with Crippen molar-refractivity contribution >= 4 is 17.4 Å². The lowest BCUT2D eigenvalue weighted by molar-refractivity contribution is 0.0937. The first-order chi connectivity index (χ1) is 16.5. The zero-order valence-electron chi connectivity index (χ0n) is 18.5. The number of hydrogen-bond acceptors (Lipinski definition) is 6. The summed E-state index contributed by atoms with van der Waals surface area (Å²) in [4.78, 5) is 34.8. The molecule has 0 bridgehead atoms. The summed E-state index contributed by atoms with van der Waals surface area (Å²) >= 11 is 0. The molecule has 3 saturated carbocycles. The second-order valence-corrected chi connectivity index (χ2v) is 10.1. The molecule has 7 rings (SSSR count). The predicted octanol–water partition coefficient (Wildman–Crippen LogP) is 2.41. The minimum atomic E-state index is -0.492. The zero-order chi connectivity index (χ0) is 23.0. The molecule has 2 unspecified atom stereocenters. The number of fused-ring (bicyclic) bond motifs is 4. The second kappa shape index (κ2) is 7.28. The SMILES string of the molecule is O=C(NC1CC2C[C@@H]2C1)c1cnn2cc3c(nc12)N(Cc1cc(F)c[nH]c1=O)[C@@H]1CCC[C@@H]1O3. The van der Waals surface area contributed by atoms with Crippen molar-refractivity contribution in [3.63, 3.8) is 0 Å². The molecular formula is C24H25FN6O3. The van der Waals surface area contributed by atoms with Crippen LogP contribution in [0.3, 0.4) is 0 Å². The monoisotopic (exact) mass is 464 g/mol. The molecule has 9 nitrogen and oxygen atoms in total. The Bertz CT molecular complexity index is 1360. The van der Waals surface area contributed by atoms with E-state index >= 15 is 0 Å². The number of rotatable bonds is 4. The number of ether oxygens (including phenoxy) is 1. The third-order valence-electron chi connectivity index (χ3n) is 7.92. The number of hydrogen-bond donors (Lipinski definition) is 2. The molecule has 1 aliphatic heterocycles. The van der Waals surface area contributed by atoms with Crippen molar-refractivity contribution < 1.29 is 13.9 Å². The van der Waals surface area contributed by atoms with Crippen LogP contribution in [0.15, 0.2) is 29.5 Å². The number of nitrogens with zero attached hydrogens (tertiary/aromatic N) is 4. The number of aromatic amines is 1. The van der Waals surface area contributed by atoms with Crippen LogP contribution >= 0.6 is 0 Å². The van der Waals surface area contributed by atoms with E-state index in [0.717, 1.165) is 50.1 Å². The predicted molar refractivity (Wildman–Crippen MR) is 120 cm³/mol. The number of aromatic nitrogens is 4. The molecule has 176 valence electrons. The Morgan fingerprint density at radius 1 is 1.26 bits per heavy atom. The van der Waals surface area contributed by atoms with Gasteiger partial charge in [-0.25, -0.2) is 13.9 Å². The average Bonchev–Trinajstić information content (AvgIpc) is 3.18. The lowest BCUT2D eigenvalue weighted by Crippen LogP contribution is -2.47. The first-order valence-electron chi connectivity index (χ1n) is 12.0. The summed E-state index contributed by atoms with van der Waals surface area (Å²) in [5.74, 6) is 1.99. The Labute approximate surface area is 194 Å². The quantitative estimate of drug-likeness (QED) is 0.615. The van der Waals surface area contributed by atoms with E-state index < -0.39 is 5.82 Å². The van der Waals surface area contributed by atoms with Crippen LogP contribution in [0.5, 0.6) is 5.75 Å². The van der Waals surface area contributed by atoms with Crippen LogP contribution in [0, 0.1) is 17.7 Å². The van der Waals surface area contributed by atoms with Crippen molar-refractivity contribution in [3.05, 3.63) is 52.0 Å². The van der Waals surface area contributed by atoms with Crippen molar-refractivity contribution in [3.8, 4) is 5.75 Å². The molecule has 1 amide bonds.